The number of carboxylic acid groups (broad SMARTS) is 1. The number of terminal acetylenes is 1. The quantitative estimate of drug-likeness (QED) is 0.651. The average Bonchev–Trinajstić information content (AvgIpc) is 2.14. The van der Waals surface area contributed by atoms with Gasteiger partial charge in [-0.3, -0.25) is 4.79 Å². The molecule has 0 aromatic carbocycles. The van der Waals surface area contributed by atoms with Gasteiger partial charge in [-0.05, 0) is 6.92 Å². The van der Waals surface area contributed by atoms with E-state index < -0.39 is 5.97 Å². The predicted molar refractivity (Wildman–Crippen MR) is 51.7 cm³/mol. The van der Waals surface area contributed by atoms with Gasteiger partial charge < -0.3 is 14.9 Å². The van der Waals surface area contributed by atoms with Crippen LogP contribution in [0.2, 0.25) is 0 Å². The maximum Gasteiger partial charge on any atom is 0.323 e. The van der Waals surface area contributed by atoms with Gasteiger partial charge >= 0.3 is 12.0 Å². The molecule has 1 N–H and O–H groups in total. The molecule has 0 aliphatic rings. The zero-order valence-corrected chi connectivity index (χ0v) is 8.36. The van der Waals surface area contributed by atoms with Crippen LogP contribution in [0.3, 0.4) is 0 Å². The molecule has 2 amide bonds. The van der Waals surface area contributed by atoms with Crippen LogP contribution in [-0.4, -0.2) is 53.6 Å². The fraction of sp³-hybridized carbons (Fsp3) is 0.556. The van der Waals surface area contributed by atoms with Crippen LogP contribution in [0.25, 0.3) is 0 Å². The molecule has 14 heavy (non-hydrogen) atoms. The van der Waals surface area contributed by atoms with Crippen LogP contribution in [0.15, 0.2) is 0 Å². The molecule has 0 spiro atoms. The normalized spacial score (nSPS) is 8.93. The molecule has 0 fully saturated rings. The molecule has 0 aromatic heterocycles. The van der Waals surface area contributed by atoms with Gasteiger partial charge in [0.2, 0.25) is 0 Å². The SMILES string of the molecule is C#CCN(CC(=O)O)C(=O)N(C)CC. The van der Waals surface area contributed by atoms with Crippen molar-refractivity contribution in [1.29, 1.82) is 0 Å². The summed E-state index contributed by atoms with van der Waals surface area (Å²) in [5.74, 6) is 1.18. The first-order valence-corrected chi connectivity index (χ1v) is 4.18. The maximum atomic E-state index is 11.5. The summed E-state index contributed by atoms with van der Waals surface area (Å²) in [6, 6.07) is -0.368. The first-order valence-electron chi connectivity index (χ1n) is 4.18. The number of nitrogens with zero attached hydrogens (tertiary/aromatic N) is 2. The molecule has 0 aliphatic carbocycles. The Bertz CT molecular complexity index is 257. The second kappa shape index (κ2) is 5.86. The Morgan fingerprint density at radius 2 is 2.07 bits per heavy atom. The number of urea groups is 1. The van der Waals surface area contributed by atoms with Crippen molar-refractivity contribution in [3.05, 3.63) is 0 Å². The standard InChI is InChI=1S/C9H14N2O3/c1-4-6-11(7-8(12)13)9(14)10(3)5-2/h1H,5-7H2,2-3H3,(H,12,13). The van der Waals surface area contributed by atoms with Gasteiger partial charge in [0.15, 0.2) is 0 Å². The summed E-state index contributed by atoms with van der Waals surface area (Å²) >= 11 is 0. The van der Waals surface area contributed by atoms with Crippen LogP contribution in [0.4, 0.5) is 4.79 Å². The van der Waals surface area contributed by atoms with Gasteiger partial charge in [-0.2, -0.15) is 0 Å². The molecule has 0 unspecified atom stereocenters. The second-order valence-electron chi connectivity index (χ2n) is 2.75. The maximum absolute atomic E-state index is 11.5. The molecule has 0 bridgehead atoms. The summed E-state index contributed by atoms with van der Waals surface area (Å²) in [7, 11) is 1.59. The molecule has 0 aliphatic heterocycles. The van der Waals surface area contributed by atoms with E-state index >= 15 is 0 Å². The van der Waals surface area contributed by atoms with E-state index in [0.717, 1.165) is 4.90 Å². The van der Waals surface area contributed by atoms with Gasteiger partial charge in [-0.1, -0.05) is 5.92 Å². The van der Waals surface area contributed by atoms with Crippen molar-refractivity contribution in [2.24, 2.45) is 0 Å². The second-order valence-corrected chi connectivity index (χ2v) is 2.75. The minimum absolute atomic E-state index is 0.00940. The molecule has 78 valence electrons. The molecule has 0 saturated heterocycles. The fourth-order valence-electron chi connectivity index (χ4n) is 0.841. The van der Waals surface area contributed by atoms with Crippen molar-refractivity contribution in [3.8, 4) is 12.3 Å². The highest BCUT2D eigenvalue weighted by Gasteiger charge is 2.18. The minimum Gasteiger partial charge on any atom is -0.480 e. The highest BCUT2D eigenvalue weighted by Crippen LogP contribution is 1.95. The lowest BCUT2D eigenvalue weighted by atomic mass is 10.4. The van der Waals surface area contributed by atoms with E-state index in [-0.39, 0.29) is 19.1 Å². The van der Waals surface area contributed by atoms with E-state index in [4.69, 9.17) is 11.5 Å². The minimum atomic E-state index is -1.07. The molecular formula is C9H14N2O3. The van der Waals surface area contributed by atoms with Crippen molar-refractivity contribution in [2.75, 3.05) is 26.7 Å². The number of hydrogen-bond acceptors (Lipinski definition) is 2. The van der Waals surface area contributed by atoms with E-state index in [9.17, 15) is 9.59 Å². The molecule has 0 saturated carbocycles. The average molecular weight is 198 g/mol. The Morgan fingerprint density at radius 3 is 2.43 bits per heavy atom. The predicted octanol–water partition coefficient (Wildman–Crippen LogP) is 0.0779. The number of carbonyl (C=O) groups is 2. The number of carbonyl (C=O) groups excluding carboxylic acids is 1. The van der Waals surface area contributed by atoms with Crippen LogP contribution in [0, 0.1) is 12.3 Å². The monoisotopic (exact) mass is 198 g/mol. The van der Waals surface area contributed by atoms with Crippen LogP contribution >= 0.6 is 0 Å². The first kappa shape index (κ1) is 12.3. The summed E-state index contributed by atoms with van der Waals surface area (Å²) in [6.45, 7) is 1.95. The fourth-order valence-corrected chi connectivity index (χ4v) is 0.841. The van der Waals surface area contributed by atoms with Gasteiger partial charge in [0.25, 0.3) is 0 Å². The van der Waals surface area contributed by atoms with E-state index in [2.05, 4.69) is 5.92 Å². The van der Waals surface area contributed by atoms with Crippen LogP contribution < -0.4 is 0 Å². The van der Waals surface area contributed by atoms with E-state index in [1.807, 2.05) is 0 Å². The Labute approximate surface area is 83.3 Å². The largest absolute Gasteiger partial charge is 0.480 e. The highest BCUT2D eigenvalue weighted by molar-refractivity contribution is 5.80. The van der Waals surface area contributed by atoms with Crippen molar-refractivity contribution in [1.82, 2.24) is 9.80 Å². The lowest BCUT2D eigenvalue weighted by Gasteiger charge is -2.24. The molecule has 0 heterocycles. The summed E-state index contributed by atoms with van der Waals surface area (Å²) in [5.41, 5.74) is 0. The van der Waals surface area contributed by atoms with E-state index in [1.165, 1.54) is 4.90 Å². The van der Waals surface area contributed by atoms with Gasteiger partial charge in [0.1, 0.15) is 6.54 Å². The highest BCUT2D eigenvalue weighted by atomic mass is 16.4. The van der Waals surface area contributed by atoms with Gasteiger partial charge in [-0.15, -0.1) is 6.42 Å². The summed E-state index contributed by atoms with van der Waals surface area (Å²) in [6.07, 6.45) is 5.03. The smallest absolute Gasteiger partial charge is 0.323 e. The summed E-state index contributed by atoms with van der Waals surface area (Å²) in [5, 5.41) is 8.53. The summed E-state index contributed by atoms with van der Waals surface area (Å²) in [4.78, 5) is 24.4. The lowest BCUT2D eigenvalue weighted by Crippen LogP contribution is -2.43. The molecule has 5 nitrogen and oxygen atoms in total. The Hall–Kier alpha value is -1.70. The molecule has 5 heteroatoms. The number of carboxylic acids is 1. The van der Waals surface area contributed by atoms with Gasteiger partial charge in [-0.25, -0.2) is 4.79 Å². The Morgan fingerprint density at radius 1 is 1.50 bits per heavy atom. The first-order chi connectivity index (χ1) is 6.52. The lowest BCUT2D eigenvalue weighted by molar-refractivity contribution is -0.137. The topological polar surface area (TPSA) is 60.9 Å². The van der Waals surface area contributed by atoms with Gasteiger partial charge in [0, 0.05) is 13.6 Å². The Balaban J connectivity index is 4.41. The number of rotatable bonds is 4. The van der Waals surface area contributed by atoms with Crippen molar-refractivity contribution < 1.29 is 14.7 Å². The number of amides is 2. The van der Waals surface area contributed by atoms with Crippen LogP contribution in [0.5, 0.6) is 0 Å². The summed E-state index contributed by atoms with van der Waals surface area (Å²) < 4.78 is 0. The molecule has 0 rings (SSSR count). The third kappa shape index (κ3) is 3.81. The van der Waals surface area contributed by atoms with E-state index in [0.29, 0.717) is 6.54 Å². The molecule has 0 radical (unpaired) electrons. The molecule has 0 atom stereocenters. The van der Waals surface area contributed by atoms with Crippen LogP contribution in [0.1, 0.15) is 6.92 Å². The number of aliphatic carboxylic acids is 1. The third-order valence-corrected chi connectivity index (χ3v) is 1.68. The zero-order valence-electron chi connectivity index (χ0n) is 8.36. The van der Waals surface area contributed by atoms with E-state index in [1.54, 1.807) is 14.0 Å². The third-order valence-electron chi connectivity index (χ3n) is 1.68. The molecule has 0 aromatic rings. The van der Waals surface area contributed by atoms with Gasteiger partial charge in [0.05, 0.1) is 6.54 Å². The van der Waals surface area contributed by atoms with Crippen molar-refractivity contribution in [2.45, 2.75) is 6.92 Å². The zero-order chi connectivity index (χ0) is 11.1. The molecular weight excluding hydrogens is 184 g/mol. The van der Waals surface area contributed by atoms with Crippen molar-refractivity contribution in [3.63, 3.8) is 0 Å². The Kier molecular flexibility index (Phi) is 5.15. The van der Waals surface area contributed by atoms with Crippen LogP contribution in [-0.2, 0) is 4.79 Å². The number of hydrogen-bond donors (Lipinski definition) is 1. The van der Waals surface area contributed by atoms with Crippen molar-refractivity contribution >= 4 is 12.0 Å².